The molecule has 0 fully saturated rings. The molecule has 0 saturated carbocycles. The van der Waals surface area contributed by atoms with Crippen LogP contribution in [-0.2, 0) is 16.6 Å². The highest BCUT2D eigenvalue weighted by Gasteiger charge is 2.19. The van der Waals surface area contributed by atoms with E-state index >= 15 is 0 Å². The lowest BCUT2D eigenvalue weighted by molar-refractivity contribution is -0.144. The number of ether oxygens (including phenoxy) is 1. The summed E-state index contributed by atoms with van der Waals surface area (Å²) in [5, 5.41) is 8.77. The molecule has 0 saturated heterocycles. The summed E-state index contributed by atoms with van der Waals surface area (Å²) in [5.41, 5.74) is 1.34. The van der Waals surface area contributed by atoms with E-state index in [-0.39, 0.29) is 11.9 Å². The van der Waals surface area contributed by atoms with E-state index < -0.39 is 0 Å². The molecule has 4 nitrogen and oxygen atoms in total. The Morgan fingerprint density at radius 1 is 1.67 bits per heavy atom. The summed E-state index contributed by atoms with van der Waals surface area (Å²) in [6.07, 6.45) is 0. The average molecular weight is 206 g/mol. The Labute approximate surface area is 89.1 Å². The van der Waals surface area contributed by atoms with Crippen molar-refractivity contribution in [2.45, 2.75) is 19.8 Å². The molecule has 0 aliphatic heterocycles. The summed E-state index contributed by atoms with van der Waals surface area (Å²) in [7, 11) is 1.77. The second-order valence-electron chi connectivity index (χ2n) is 3.29. The Hall–Kier alpha value is -1.76. The number of hydrogen-bond donors (Lipinski definition) is 0. The van der Waals surface area contributed by atoms with Crippen molar-refractivity contribution in [1.29, 1.82) is 5.26 Å². The molecule has 1 rings (SSSR count). The van der Waals surface area contributed by atoms with Gasteiger partial charge in [-0.25, -0.2) is 0 Å². The highest BCUT2D eigenvalue weighted by molar-refractivity contribution is 5.77. The van der Waals surface area contributed by atoms with E-state index in [1.165, 1.54) is 0 Å². The minimum atomic E-state index is -0.336. The lowest BCUT2D eigenvalue weighted by Gasteiger charge is -2.11. The van der Waals surface area contributed by atoms with Crippen molar-refractivity contribution in [3.05, 3.63) is 23.5 Å². The maximum Gasteiger partial charge on any atom is 0.314 e. The molecule has 1 heterocycles. The van der Waals surface area contributed by atoms with Gasteiger partial charge in [0, 0.05) is 12.7 Å². The molecule has 4 heteroatoms. The van der Waals surface area contributed by atoms with E-state index in [4.69, 9.17) is 10.00 Å². The summed E-state index contributed by atoms with van der Waals surface area (Å²) >= 11 is 0. The molecular weight excluding hydrogens is 192 g/mol. The Balaban J connectivity index is 2.92. The van der Waals surface area contributed by atoms with Crippen LogP contribution in [0.4, 0.5) is 0 Å². The largest absolute Gasteiger partial charge is 0.465 e. The lowest BCUT2D eigenvalue weighted by Crippen LogP contribution is -2.15. The van der Waals surface area contributed by atoms with Gasteiger partial charge in [-0.05, 0) is 26.0 Å². The van der Waals surface area contributed by atoms with E-state index in [2.05, 4.69) is 6.07 Å². The van der Waals surface area contributed by atoms with Gasteiger partial charge in [-0.1, -0.05) is 0 Å². The van der Waals surface area contributed by atoms with Crippen molar-refractivity contribution < 1.29 is 9.53 Å². The van der Waals surface area contributed by atoms with Crippen LogP contribution >= 0.6 is 0 Å². The zero-order valence-corrected chi connectivity index (χ0v) is 9.15. The quantitative estimate of drug-likeness (QED) is 0.705. The fourth-order valence-corrected chi connectivity index (χ4v) is 1.46. The summed E-state index contributed by atoms with van der Waals surface area (Å²) in [6.45, 7) is 3.92. The molecule has 0 aliphatic carbocycles. The normalized spacial score (nSPS) is 11.9. The summed E-state index contributed by atoms with van der Waals surface area (Å²) in [5.74, 6) is -0.597. The number of esters is 1. The monoisotopic (exact) mass is 206 g/mol. The SMILES string of the molecule is CCOC(=O)C(C)c1ccc(C#N)n1C. The molecule has 0 N–H and O–H groups in total. The molecule has 0 amide bonds. The fraction of sp³-hybridized carbons (Fsp3) is 0.455. The Bertz CT molecular complexity index is 401. The van der Waals surface area contributed by atoms with Crippen LogP contribution in [0.15, 0.2) is 12.1 Å². The Kier molecular flexibility index (Phi) is 3.51. The van der Waals surface area contributed by atoms with Crippen LogP contribution in [0.25, 0.3) is 0 Å². The van der Waals surface area contributed by atoms with Crippen LogP contribution in [0.1, 0.15) is 31.2 Å². The maximum absolute atomic E-state index is 11.5. The number of hydrogen-bond acceptors (Lipinski definition) is 3. The van der Waals surface area contributed by atoms with E-state index in [9.17, 15) is 4.79 Å². The van der Waals surface area contributed by atoms with Crippen LogP contribution in [0, 0.1) is 11.3 Å². The van der Waals surface area contributed by atoms with E-state index in [1.54, 1.807) is 37.6 Å². The maximum atomic E-state index is 11.5. The van der Waals surface area contributed by atoms with Gasteiger partial charge in [-0.2, -0.15) is 5.26 Å². The Morgan fingerprint density at radius 3 is 2.80 bits per heavy atom. The smallest absolute Gasteiger partial charge is 0.314 e. The number of rotatable bonds is 3. The molecule has 15 heavy (non-hydrogen) atoms. The molecule has 0 aromatic carbocycles. The first kappa shape index (κ1) is 11.3. The van der Waals surface area contributed by atoms with Crippen molar-refractivity contribution in [2.24, 2.45) is 7.05 Å². The van der Waals surface area contributed by atoms with Gasteiger partial charge >= 0.3 is 5.97 Å². The zero-order valence-electron chi connectivity index (χ0n) is 9.15. The molecule has 0 aliphatic rings. The molecule has 80 valence electrons. The number of nitrogens with zero attached hydrogens (tertiary/aromatic N) is 2. The van der Waals surface area contributed by atoms with Gasteiger partial charge in [0.25, 0.3) is 0 Å². The van der Waals surface area contributed by atoms with Crippen molar-refractivity contribution in [3.8, 4) is 6.07 Å². The van der Waals surface area contributed by atoms with Crippen molar-refractivity contribution >= 4 is 5.97 Å². The van der Waals surface area contributed by atoms with Gasteiger partial charge in [0.2, 0.25) is 0 Å². The lowest BCUT2D eigenvalue weighted by atomic mass is 10.1. The molecular formula is C11H14N2O2. The fourth-order valence-electron chi connectivity index (χ4n) is 1.46. The first-order chi connectivity index (χ1) is 7.11. The molecule has 1 atom stereocenters. The molecule has 1 unspecified atom stereocenters. The minimum absolute atomic E-state index is 0.261. The molecule has 0 radical (unpaired) electrons. The first-order valence-electron chi connectivity index (χ1n) is 4.84. The first-order valence-corrected chi connectivity index (χ1v) is 4.84. The van der Waals surface area contributed by atoms with E-state index in [1.807, 2.05) is 0 Å². The van der Waals surface area contributed by atoms with Gasteiger partial charge in [-0.3, -0.25) is 4.79 Å². The average Bonchev–Trinajstić information content (AvgIpc) is 2.59. The summed E-state index contributed by atoms with van der Waals surface area (Å²) in [4.78, 5) is 11.5. The van der Waals surface area contributed by atoms with Crippen molar-refractivity contribution in [1.82, 2.24) is 4.57 Å². The highest BCUT2D eigenvalue weighted by Crippen LogP contribution is 2.18. The predicted molar refractivity (Wildman–Crippen MR) is 55.2 cm³/mol. The minimum Gasteiger partial charge on any atom is -0.465 e. The van der Waals surface area contributed by atoms with Crippen molar-refractivity contribution in [3.63, 3.8) is 0 Å². The van der Waals surface area contributed by atoms with Gasteiger partial charge in [0.1, 0.15) is 11.8 Å². The molecule has 0 bridgehead atoms. The number of carbonyl (C=O) groups excluding carboxylic acids is 1. The second kappa shape index (κ2) is 4.65. The number of aromatic nitrogens is 1. The van der Waals surface area contributed by atoms with Crippen LogP contribution < -0.4 is 0 Å². The second-order valence-corrected chi connectivity index (χ2v) is 3.29. The van der Waals surface area contributed by atoms with Gasteiger partial charge in [0.05, 0.1) is 12.5 Å². The summed E-state index contributed by atoms with van der Waals surface area (Å²) in [6, 6.07) is 5.53. The molecule has 0 spiro atoms. The van der Waals surface area contributed by atoms with Crippen LogP contribution in [0.2, 0.25) is 0 Å². The highest BCUT2D eigenvalue weighted by atomic mass is 16.5. The Morgan fingerprint density at radius 2 is 2.33 bits per heavy atom. The van der Waals surface area contributed by atoms with Gasteiger partial charge < -0.3 is 9.30 Å². The predicted octanol–water partition coefficient (Wildman–Crippen LogP) is 1.56. The van der Waals surface area contributed by atoms with Crippen LogP contribution in [0.5, 0.6) is 0 Å². The third kappa shape index (κ3) is 2.18. The topological polar surface area (TPSA) is 55.0 Å². The van der Waals surface area contributed by atoms with Crippen molar-refractivity contribution in [2.75, 3.05) is 6.61 Å². The molecule has 1 aromatic heterocycles. The van der Waals surface area contributed by atoms with E-state index in [0.717, 1.165) is 5.69 Å². The standard InChI is InChI=1S/C11H14N2O2/c1-4-15-11(14)8(2)10-6-5-9(7-12)13(10)3/h5-6,8H,4H2,1-3H3. The third-order valence-electron chi connectivity index (χ3n) is 2.36. The van der Waals surface area contributed by atoms with Gasteiger partial charge in [-0.15, -0.1) is 0 Å². The van der Waals surface area contributed by atoms with Crippen LogP contribution in [0.3, 0.4) is 0 Å². The van der Waals surface area contributed by atoms with Crippen LogP contribution in [-0.4, -0.2) is 17.1 Å². The number of carbonyl (C=O) groups is 1. The van der Waals surface area contributed by atoms with E-state index in [0.29, 0.717) is 12.3 Å². The zero-order chi connectivity index (χ0) is 11.4. The summed E-state index contributed by atoms with van der Waals surface area (Å²) < 4.78 is 6.63. The van der Waals surface area contributed by atoms with Gasteiger partial charge in [0.15, 0.2) is 0 Å². The molecule has 1 aromatic rings. The number of nitriles is 1. The third-order valence-corrected chi connectivity index (χ3v) is 2.36.